The Balaban J connectivity index is 2.05. The minimum absolute atomic E-state index is 0.207. The molecule has 2 rings (SSSR count). The van der Waals surface area contributed by atoms with E-state index in [1.807, 2.05) is 25.6 Å². The van der Waals surface area contributed by atoms with Crippen molar-refractivity contribution in [2.75, 3.05) is 27.2 Å². The molecule has 25 heavy (non-hydrogen) atoms. The number of aryl methyl sites for hydroxylation is 1. The van der Waals surface area contributed by atoms with Gasteiger partial charge in [-0.3, -0.25) is 4.79 Å². The molecule has 2 N–H and O–H groups in total. The van der Waals surface area contributed by atoms with E-state index in [1.54, 1.807) is 11.2 Å². The smallest absolute Gasteiger partial charge is 0.230 e. The third-order valence-electron chi connectivity index (χ3n) is 4.77. The van der Waals surface area contributed by atoms with Gasteiger partial charge in [-0.05, 0) is 26.7 Å². The van der Waals surface area contributed by atoms with Gasteiger partial charge in [-0.2, -0.15) is 0 Å². The first-order valence-corrected chi connectivity index (χ1v) is 9.13. The predicted octanol–water partition coefficient (Wildman–Crippen LogP) is 1.00. The Hall–Kier alpha value is -2.12. The first-order valence-electron chi connectivity index (χ1n) is 9.13. The number of amides is 1. The summed E-state index contributed by atoms with van der Waals surface area (Å²) in [4.78, 5) is 19.0. The molecule has 1 aromatic heterocycles. The molecule has 1 aliphatic rings. The normalized spacial score (nSPS) is 16.7. The van der Waals surface area contributed by atoms with Crippen molar-refractivity contribution < 1.29 is 4.79 Å². The third kappa shape index (κ3) is 4.70. The zero-order chi connectivity index (χ0) is 18.3. The van der Waals surface area contributed by atoms with Crippen LogP contribution in [0.5, 0.6) is 0 Å². The number of carbonyl (C=O) groups is 1. The van der Waals surface area contributed by atoms with E-state index in [-0.39, 0.29) is 11.3 Å². The second kappa shape index (κ2) is 8.82. The Morgan fingerprint density at radius 1 is 1.32 bits per heavy atom. The van der Waals surface area contributed by atoms with Gasteiger partial charge in [0.05, 0.1) is 5.41 Å². The lowest BCUT2D eigenvalue weighted by Gasteiger charge is -2.31. The SMILES string of the molecule is CCNC(=NCc1nncn1CC)NCC1(C(=O)N(C)C)CCCC1. The zero-order valence-electron chi connectivity index (χ0n) is 15.9. The Morgan fingerprint density at radius 2 is 2.04 bits per heavy atom. The van der Waals surface area contributed by atoms with Gasteiger partial charge in [0, 0.05) is 33.7 Å². The summed E-state index contributed by atoms with van der Waals surface area (Å²) >= 11 is 0. The molecule has 0 radical (unpaired) electrons. The second-order valence-electron chi connectivity index (χ2n) is 6.77. The van der Waals surface area contributed by atoms with E-state index in [1.165, 1.54) is 0 Å². The number of hydrogen-bond donors (Lipinski definition) is 2. The first kappa shape index (κ1) is 19.2. The molecule has 1 saturated carbocycles. The molecule has 1 amide bonds. The fourth-order valence-corrected chi connectivity index (χ4v) is 3.40. The number of aromatic nitrogens is 3. The quantitative estimate of drug-likeness (QED) is 0.566. The number of carbonyl (C=O) groups excluding carboxylic acids is 1. The van der Waals surface area contributed by atoms with E-state index in [0.717, 1.165) is 44.6 Å². The van der Waals surface area contributed by atoms with Crippen molar-refractivity contribution in [1.82, 2.24) is 30.3 Å². The van der Waals surface area contributed by atoms with Crippen LogP contribution in [0, 0.1) is 5.41 Å². The van der Waals surface area contributed by atoms with Crippen LogP contribution >= 0.6 is 0 Å². The van der Waals surface area contributed by atoms with Crippen molar-refractivity contribution in [3.05, 3.63) is 12.2 Å². The summed E-state index contributed by atoms with van der Waals surface area (Å²) in [5, 5.41) is 14.7. The summed E-state index contributed by atoms with van der Waals surface area (Å²) in [5.41, 5.74) is -0.316. The molecule has 0 saturated heterocycles. The van der Waals surface area contributed by atoms with E-state index in [0.29, 0.717) is 19.0 Å². The standard InChI is InChI=1S/C17H31N7O/c1-5-18-16(19-11-14-22-21-13-24(14)6-2)20-12-17(9-7-8-10-17)15(25)23(3)4/h13H,5-12H2,1-4H3,(H2,18,19,20). The van der Waals surface area contributed by atoms with Gasteiger partial charge < -0.3 is 20.1 Å². The number of hydrogen-bond acceptors (Lipinski definition) is 4. The van der Waals surface area contributed by atoms with Crippen molar-refractivity contribution in [2.45, 2.75) is 52.6 Å². The van der Waals surface area contributed by atoms with Crippen LogP contribution in [-0.4, -0.2) is 58.7 Å². The van der Waals surface area contributed by atoms with Crippen molar-refractivity contribution in [3.63, 3.8) is 0 Å². The molecular formula is C17H31N7O. The topological polar surface area (TPSA) is 87.4 Å². The largest absolute Gasteiger partial charge is 0.357 e. The van der Waals surface area contributed by atoms with E-state index >= 15 is 0 Å². The van der Waals surface area contributed by atoms with E-state index < -0.39 is 0 Å². The van der Waals surface area contributed by atoms with Crippen LogP contribution in [0.2, 0.25) is 0 Å². The molecule has 1 heterocycles. The van der Waals surface area contributed by atoms with E-state index in [2.05, 4.69) is 32.7 Å². The zero-order valence-corrected chi connectivity index (χ0v) is 15.9. The maximum Gasteiger partial charge on any atom is 0.230 e. The van der Waals surface area contributed by atoms with Crippen LogP contribution in [-0.2, 0) is 17.9 Å². The molecule has 140 valence electrons. The predicted molar refractivity (Wildman–Crippen MR) is 98.1 cm³/mol. The molecular weight excluding hydrogens is 318 g/mol. The van der Waals surface area contributed by atoms with Gasteiger partial charge in [0.25, 0.3) is 0 Å². The van der Waals surface area contributed by atoms with Crippen LogP contribution in [0.15, 0.2) is 11.3 Å². The molecule has 0 spiro atoms. The summed E-state index contributed by atoms with van der Waals surface area (Å²) < 4.78 is 1.97. The number of aliphatic imine (C=N–C) groups is 1. The number of rotatable bonds is 7. The highest BCUT2D eigenvalue weighted by molar-refractivity contribution is 5.85. The van der Waals surface area contributed by atoms with Gasteiger partial charge in [-0.1, -0.05) is 12.8 Å². The molecule has 1 fully saturated rings. The van der Waals surface area contributed by atoms with Crippen LogP contribution in [0.1, 0.15) is 45.4 Å². The molecule has 0 atom stereocenters. The lowest BCUT2D eigenvalue weighted by molar-refractivity contribution is -0.138. The molecule has 1 aromatic rings. The minimum Gasteiger partial charge on any atom is -0.357 e. The lowest BCUT2D eigenvalue weighted by atomic mass is 9.84. The van der Waals surface area contributed by atoms with Gasteiger partial charge in [-0.15, -0.1) is 10.2 Å². The number of nitrogens with zero attached hydrogens (tertiary/aromatic N) is 5. The summed E-state index contributed by atoms with van der Waals surface area (Å²) in [7, 11) is 3.67. The fourth-order valence-electron chi connectivity index (χ4n) is 3.40. The molecule has 8 heteroatoms. The molecule has 8 nitrogen and oxygen atoms in total. The van der Waals surface area contributed by atoms with Crippen LogP contribution < -0.4 is 10.6 Å². The van der Waals surface area contributed by atoms with Gasteiger partial charge in [0.15, 0.2) is 11.8 Å². The molecule has 0 unspecified atom stereocenters. The van der Waals surface area contributed by atoms with Gasteiger partial charge in [0.1, 0.15) is 12.9 Å². The van der Waals surface area contributed by atoms with Gasteiger partial charge in [-0.25, -0.2) is 4.99 Å². The lowest BCUT2D eigenvalue weighted by Crippen LogP contribution is -2.49. The van der Waals surface area contributed by atoms with Gasteiger partial charge in [0.2, 0.25) is 5.91 Å². The van der Waals surface area contributed by atoms with Crippen molar-refractivity contribution in [3.8, 4) is 0 Å². The average molecular weight is 349 g/mol. The number of nitrogens with one attached hydrogen (secondary N) is 2. The first-order chi connectivity index (χ1) is 12.0. The van der Waals surface area contributed by atoms with Gasteiger partial charge >= 0.3 is 0 Å². The highest BCUT2D eigenvalue weighted by Gasteiger charge is 2.42. The average Bonchev–Trinajstić information content (AvgIpc) is 3.26. The van der Waals surface area contributed by atoms with Crippen LogP contribution in [0.4, 0.5) is 0 Å². The minimum atomic E-state index is -0.316. The summed E-state index contributed by atoms with van der Waals surface area (Å²) in [6.45, 7) is 6.73. The molecule has 0 aliphatic heterocycles. The van der Waals surface area contributed by atoms with Crippen molar-refractivity contribution >= 4 is 11.9 Å². The van der Waals surface area contributed by atoms with Crippen LogP contribution in [0.25, 0.3) is 0 Å². The highest BCUT2D eigenvalue weighted by Crippen LogP contribution is 2.38. The monoisotopic (exact) mass is 349 g/mol. The Labute approximate surface area is 150 Å². The Morgan fingerprint density at radius 3 is 2.64 bits per heavy atom. The molecule has 1 aliphatic carbocycles. The molecule has 0 aromatic carbocycles. The Kier molecular flexibility index (Phi) is 6.78. The summed E-state index contributed by atoms with van der Waals surface area (Å²) in [5.74, 6) is 1.75. The highest BCUT2D eigenvalue weighted by atomic mass is 16.2. The van der Waals surface area contributed by atoms with E-state index in [4.69, 9.17) is 0 Å². The fraction of sp³-hybridized carbons (Fsp3) is 0.765. The van der Waals surface area contributed by atoms with Crippen molar-refractivity contribution in [2.24, 2.45) is 10.4 Å². The number of guanidine groups is 1. The molecule has 0 bridgehead atoms. The summed E-state index contributed by atoms with van der Waals surface area (Å²) in [6, 6.07) is 0. The van der Waals surface area contributed by atoms with E-state index in [9.17, 15) is 4.79 Å². The second-order valence-corrected chi connectivity index (χ2v) is 6.77. The maximum atomic E-state index is 12.7. The summed E-state index contributed by atoms with van der Waals surface area (Å²) in [6.07, 6.45) is 5.79. The van der Waals surface area contributed by atoms with Crippen molar-refractivity contribution in [1.29, 1.82) is 0 Å². The third-order valence-corrected chi connectivity index (χ3v) is 4.77. The van der Waals surface area contributed by atoms with Crippen LogP contribution in [0.3, 0.4) is 0 Å². The Bertz CT molecular complexity index is 588. The maximum absolute atomic E-state index is 12.7.